The summed E-state index contributed by atoms with van der Waals surface area (Å²) in [6, 6.07) is 14.4. The van der Waals surface area contributed by atoms with E-state index in [1.165, 1.54) is 0 Å². The molecule has 0 bridgehead atoms. The highest BCUT2D eigenvalue weighted by molar-refractivity contribution is 5.95. The molecule has 0 aliphatic carbocycles. The predicted molar refractivity (Wildman–Crippen MR) is 111 cm³/mol. The Labute approximate surface area is 167 Å². The number of hydrogen-bond donors (Lipinski definition) is 1. The fourth-order valence-electron chi connectivity index (χ4n) is 2.67. The molecule has 0 heterocycles. The summed E-state index contributed by atoms with van der Waals surface area (Å²) in [5.41, 5.74) is 2.15. The summed E-state index contributed by atoms with van der Waals surface area (Å²) in [6.07, 6.45) is 1.12. The number of carbonyl (C=O) groups excluding carboxylic acids is 2. The molecule has 0 saturated carbocycles. The van der Waals surface area contributed by atoms with Gasteiger partial charge in [0.05, 0.1) is 12.2 Å². The van der Waals surface area contributed by atoms with E-state index < -0.39 is 6.10 Å². The van der Waals surface area contributed by atoms with Crippen LogP contribution in [-0.4, -0.2) is 24.6 Å². The molecule has 2 rings (SSSR count). The normalized spacial score (nSPS) is 12.7. The van der Waals surface area contributed by atoms with E-state index >= 15 is 0 Å². The van der Waals surface area contributed by atoms with Crippen molar-refractivity contribution in [3.05, 3.63) is 59.7 Å². The van der Waals surface area contributed by atoms with Gasteiger partial charge in [-0.1, -0.05) is 39.0 Å². The Balaban J connectivity index is 1.98. The monoisotopic (exact) mass is 383 g/mol. The average molecular weight is 383 g/mol. The van der Waals surface area contributed by atoms with Crippen LogP contribution < -0.4 is 10.1 Å². The van der Waals surface area contributed by atoms with Crippen LogP contribution in [0.1, 0.15) is 62.4 Å². The van der Waals surface area contributed by atoms with E-state index in [1.54, 1.807) is 31.2 Å². The first-order valence-electron chi connectivity index (χ1n) is 9.79. The molecule has 0 aliphatic rings. The first kappa shape index (κ1) is 21.5. The van der Waals surface area contributed by atoms with Gasteiger partial charge in [-0.25, -0.2) is 4.79 Å². The zero-order chi connectivity index (χ0) is 20.5. The van der Waals surface area contributed by atoms with Gasteiger partial charge in [-0.2, -0.15) is 0 Å². The quantitative estimate of drug-likeness (QED) is 0.607. The molecule has 0 fully saturated rings. The number of hydrogen-bond acceptors (Lipinski definition) is 4. The molecule has 2 aromatic carbocycles. The lowest BCUT2D eigenvalue weighted by Crippen LogP contribution is -2.30. The van der Waals surface area contributed by atoms with Crippen LogP contribution in [0.25, 0.3) is 0 Å². The number of esters is 1. The van der Waals surface area contributed by atoms with Crippen LogP contribution >= 0.6 is 0 Å². The fourth-order valence-corrected chi connectivity index (χ4v) is 2.67. The standard InChI is InChI=1S/C23H29NO4/c1-5-15-27-23(26)18-11-13-19(14-12-18)24-22(25)17(4)28-21-10-8-7-9-20(21)16(3)6-2/h7-14,16-17H,5-6,15H2,1-4H3,(H,24,25). The highest BCUT2D eigenvalue weighted by Crippen LogP contribution is 2.29. The van der Waals surface area contributed by atoms with Crippen LogP contribution in [0.3, 0.4) is 0 Å². The van der Waals surface area contributed by atoms with Crippen LogP contribution in [0.5, 0.6) is 5.75 Å². The van der Waals surface area contributed by atoms with Gasteiger partial charge in [-0.05, 0) is 61.6 Å². The lowest BCUT2D eigenvalue weighted by Gasteiger charge is -2.19. The van der Waals surface area contributed by atoms with Crippen molar-refractivity contribution >= 4 is 17.6 Å². The molecule has 2 atom stereocenters. The molecular weight excluding hydrogens is 354 g/mol. The molecular formula is C23H29NO4. The maximum atomic E-state index is 12.5. The topological polar surface area (TPSA) is 64.6 Å². The third-order valence-corrected chi connectivity index (χ3v) is 4.56. The Morgan fingerprint density at radius 2 is 1.68 bits per heavy atom. The van der Waals surface area contributed by atoms with Crippen molar-refractivity contribution < 1.29 is 19.1 Å². The van der Waals surface area contributed by atoms with Gasteiger partial charge in [0.15, 0.2) is 6.10 Å². The molecule has 0 saturated heterocycles. The van der Waals surface area contributed by atoms with Gasteiger partial charge in [-0.15, -0.1) is 0 Å². The average Bonchev–Trinajstić information content (AvgIpc) is 2.72. The Morgan fingerprint density at radius 3 is 2.32 bits per heavy atom. The van der Waals surface area contributed by atoms with Crippen molar-refractivity contribution in [1.82, 2.24) is 0 Å². The minimum Gasteiger partial charge on any atom is -0.481 e. The number of amides is 1. The van der Waals surface area contributed by atoms with E-state index in [0.717, 1.165) is 24.2 Å². The van der Waals surface area contributed by atoms with Gasteiger partial charge in [0.25, 0.3) is 5.91 Å². The van der Waals surface area contributed by atoms with Crippen LogP contribution in [0, 0.1) is 0 Å². The number of benzene rings is 2. The molecule has 28 heavy (non-hydrogen) atoms. The van der Waals surface area contributed by atoms with Crippen molar-refractivity contribution in [1.29, 1.82) is 0 Å². The molecule has 0 spiro atoms. The molecule has 1 N–H and O–H groups in total. The van der Waals surface area contributed by atoms with Gasteiger partial charge in [-0.3, -0.25) is 4.79 Å². The molecule has 2 aromatic rings. The number of anilines is 1. The molecule has 5 nitrogen and oxygen atoms in total. The largest absolute Gasteiger partial charge is 0.481 e. The van der Waals surface area contributed by atoms with E-state index in [-0.39, 0.29) is 11.9 Å². The third-order valence-electron chi connectivity index (χ3n) is 4.56. The zero-order valence-corrected chi connectivity index (χ0v) is 17.0. The first-order valence-corrected chi connectivity index (χ1v) is 9.79. The van der Waals surface area contributed by atoms with Gasteiger partial charge < -0.3 is 14.8 Å². The number of carbonyl (C=O) groups is 2. The summed E-state index contributed by atoms with van der Waals surface area (Å²) in [4.78, 5) is 24.3. The van der Waals surface area contributed by atoms with Crippen molar-refractivity contribution in [3.63, 3.8) is 0 Å². The molecule has 2 unspecified atom stereocenters. The fraction of sp³-hybridized carbons (Fsp3) is 0.391. The molecule has 150 valence electrons. The Kier molecular flexibility index (Phi) is 8.05. The summed E-state index contributed by atoms with van der Waals surface area (Å²) in [5, 5.41) is 2.82. The SMILES string of the molecule is CCCOC(=O)c1ccc(NC(=O)C(C)Oc2ccccc2C(C)CC)cc1. The van der Waals surface area contributed by atoms with Gasteiger partial charge in [0.2, 0.25) is 0 Å². The second kappa shape index (κ2) is 10.5. The summed E-state index contributed by atoms with van der Waals surface area (Å²) >= 11 is 0. The number of rotatable bonds is 9. The van der Waals surface area contributed by atoms with Crippen molar-refractivity contribution in [2.24, 2.45) is 0 Å². The van der Waals surface area contributed by atoms with Gasteiger partial charge in [0.1, 0.15) is 5.75 Å². The van der Waals surface area contributed by atoms with E-state index in [2.05, 4.69) is 19.2 Å². The van der Waals surface area contributed by atoms with E-state index in [0.29, 0.717) is 23.8 Å². The molecule has 0 radical (unpaired) electrons. The lowest BCUT2D eigenvalue weighted by atomic mass is 9.98. The first-order chi connectivity index (χ1) is 13.5. The van der Waals surface area contributed by atoms with Crippen molar-refractivity contribution in [2.45, 2.75) is 52.6 Å². The van der Waals surface area contributed by atoms with Crippen LogP contribution in [0.15, 0.2) is 48.5 Å². The van der Waals surface area contributed by atoms with Crippen LogP contribution in [-0.2, 0) is 9.53 Å². The molecule has 0 aliphatic heterocycles. The Bertz CT molecular complexity index is 785. The van der Waals surface area contributed by atoms with E-state index in [1.807, 2.05) is 31.2 Å². The van der Waals surface area contributed by atoms with Crippen LogP contribution in [0.4, 0.5) is 5.69 Å². The highest BCUT2D eigenvalue weighted by Gasteiger charge is 2.18. The van der Waals surface area contributed by atoms with Gasteiger partial charge >= 0.3 is 5.97 Å². The maximum absolute atomic E-state index is 12.5. The zero-order valence-electron chi connectivity index (χ0n) is 17.0. The van der Waals surface area contributed by atoms with Gasteiger partial charge in [0, 0.05) is 5.69 Å². The van der Waals surface area contributed by atoms with Crippen LogP contribution in [0.2, 0.25) is 0 Å². The summed E-state index contributed by atoms with van der Waals surface area (Å²) in [5.74, 6) is 0.471. The molecule has 0 aromatic heterocycles. The summed E-state index contributed by atoms with van der Waals surface area (Å²) < 4.78 is 11.0. The number of ether oxygens (including phenoxy) is 2. The summed E-state index contributed by atoms with van der Waals surface area (Å²) in [6.45, 7) is 8.32. The Morgan fingerprint density at radius 1 is 1.00 bits per heavy atom. The minimum absolute atomic E-state index is 0.250. The second-order valence-corrected chi connectivity index (χ2v) is 6.81. The second-order valence-electron chi connectivity index (χ2n) is 6.81. The lowest BCUT2D eigenvalue weighted by molar-refractivity contribution is -0.122. The van der Waals surface area contributed by atoms with E-state index in [9.17, 15) is 9.59 Å². The molecule has 5 heteroatoms. The highest BCUT2D eigenvalue weighted by atomic mass is 16.5. The van der Waals surface area contributed by atoms with Crippen molar-refractivity contribution in [3.8, 4) is 5.75 Å². The smallest absolute Gasteiger partial charge is 0.338 e. The number of para-hydroxylation sites is 1. The minimum atomic E-state index is -0.653. The predicted octanol–water partition coefficient (Wildman–Crippen LogP) is 5.17. The maximum Gasteiger partial charge on any atom is 0.338 e. The van der Waals surface area contributed by atoms with Crippen molar-refractivity contribution in [2.75, 3.05) is 11.9 Å². The Hall–Kier alpha value is -2.82. The summed E-state index contributed by atoms with van der Waals surface area (Å²) in [7, 11) is 0. The van der Waals surface area contributed by atoms with E-state index in [4.69, 9.17) is 9.47 Å². The number of nitrogens with one attached hydrogen (secondary N) is 1. The third kappa shape index (κ3) is 5.84. The molecule has 1 amide bonds.